The maximum Gasteiger partial charge on any atom is 0.239 e. The zero-order chi connectivity index (χ0) is 20.8. The van der Waals surface area contributed by atoms with E-state index >= 15 is 0 Å². The van der Waals surface area contributed by atoms with Crippen molar-refractivity contribution in [2.75, 3.05) is 4.90 Å². The maximum atomic E-state index is 13.8. The van der Waals surface area contributed by atoms with E-state index in [-0.39, 0.29) is 17.7 Å². The Hall–Kier alpha value is -2.72. The smallest absolute Gasteiger partial charge is 0.239 e. The third-order valence-electron chi connectivity index (χ3n) is 7.26. The molecule has 0 aromatic heterocycles. The number of alkyl halides is 1. The molecule has 3 aliphatic carbocycles. The number of anilines is 1. The third-order valence-corrected chi connectivity index (χ3v) is 8.61. The fraction of sp³-hybridized carbons (Fsp3) is 0.231. The molecule has 2 atom stereocenters. The number of benzene rings is 3. The Kier molecular flexibility index (Phi) is 3.57. The van der Waals surface area contributed by atoms with Crippen LogP contribution >= 0.6 is 15.9 Å². The first kappa shape index (κ1) is 18.1. The summed E-state index contributed by atoms with van der Waals surface area (Å²) < 4.78 is -0.694. The van der Waals surface area contributed by atoms with Crippen molar-refractivity contribution in [3.8, 4) is 0 Å². The van der Waals surface area contributed by atoms with Crippen molar-refractivity contribution in [2.24, 2.45) is 11.8 Å². The molecule has 1 fully saturated rings. The van der Waals surface area contributed by atoms with E-state index in [0.717, 1.165) is 33.4 Å². The lowest BCUT2D eigenvalue weighted by molar-refractivity contribution is -0.122. The van der Waals surface area contributed by atoms with Crippen LogP contribution < -0.4 is 4.90 Å². The molecule has 0 unspecified atom stereocenters. The predicted molar refractivity (Wildman–Crippen MR) is 120 cm³/mol. The minimum absolute atomic E-state index is 0.0916. The van der Waals surface area contributed by atoms with E-state index in [1.807, 2.05) is 56.3 Å². The predicted octanol–water partition coefficient (Wildman–Crippen LogP) is 5.21. The molecule has 1 heterocycles. The summed E-state index contributed by atoms with van der Waals surface area (Å²) >= 11 is 4.03. The topological polar surface area (TPSA) is 37.4 Å². The van der Waals surface area contributed by atoms with E-state index in [1.54, 1.807) is 0 Å². The maximum absolute atomic E-state index is 13.8. The quantitative estimate of drug-likeness (QED) is 0.371. The lowest BCUT2D eigenvalue weighted by Crippen LogP contribution is -2.50. The summed E-state index contributed by atoms with van der Waals surface area (Å²) in [6, 6.07) is 22.3. The molecule has 7 rings (SSSR count). The van der Waals surface area contributed by atoms with Gasteiger partial charge in [0.1, 0.15) is 0 Å². The molecular formula is C26H20BrNO2. The molecule has 1 saturated heterocycles. The fourth-order valence-corrected chi connectivity index (χ4v) is 7.00. The molecule has 1 aliphatic heterocycles. The van der Waals surface area contributed by atoms with Gasteiger partial charge in [-0.15, -0.1) is 0 Å². The summed E-state index contributed by atoms with van der Waals surface area (Å²) in [4.78, 5) is 29.1. The summed E-state index contributed by atoms with van der Waals surface area (Å²) in [6.45, 7) is 4.05. The van der Waals surface area contributed by atoms with Crippen LogP contribution in [-0.4, -0.2) is 11.8 Å². The number of amides is 2. The van der Waals surface area contributed by atoms with E-state index in [4.69, 9.17) is 0 Å². The van der Waals surface area contributed by atoms with Crippen LogP contribution in [0.2, 0.25) is 0 Å². The molecule has 3 nitrogen and oxygen atoms in total. The molecule has 148 valence electrons. The second-order valence-electron chi connectivity index (χ2n) is 8.65. The lowest BCUT2D eigenvalue weighted by Gasteiger charge is -2.51. The van der Waals surface area contributed by atoms with Gasteiger partial charge in [0.05, 0.1) is 21.8 Å². The Labute approximate surface area is 183 Å². The van der Waals surface area contributed by atoms with Gasteiger partial charge < -0.3 is 0 Å². The van der Waals surface area contributed by atoms with Gasteiger partial charge in [0.2, 0.25) is 11.8 Å². The SMILES string of the molecule is Cc1ccc(N2C(=O)[C@@H]3C4c5ccccc5C(Br)(c5ccccc54)[C@@H]3C2=O)cc1C. The van der Waals surface area contributed by atoms with Gasteiger partial charge in [-0.3, -0.25) is 9.59 Å². The summed E-state index contributed by atoms with van der Waals surface area (Å²) in [6.07, 6.45) is 0. The zero-order valence-corrected chi connectivity index (χ0v) is 18.3. The number of rotatable bonds is 1. The first-order valence-corrected chi connectivity index (χ1v) is 11.1. The Bertz CT molecular complexity index is 1220. The zero-order valence-electron chi connectivity index (χ0n) is 16.7. The van der Waals surface area contributed by atoms with Crippen LogP contribution in [0.25, 0.3) is 0 Å². The minimum Gasteiger partial charge on any atom is -0.274 e. The minimum atomic E-state index is -0.694. The number of carbonyl (C=O) groups excluding carboxylic acids is 2. The second kappa shape index (κ2) is 5.92. The highest BCUT2D eigenvalue weighted by atomic mass is 79.9. The average molecular weight is 458 g/mol. The number of halogens is 1. The number of aryl methyl sites for hydroxylation is 2. The molecule has 0 radical (unpaired) electrons. The number of carbonyl (C=O) groups is 2. The summed E-state index contributed by atoms with van der Waals surface area (Å²) in [5.74, 6) is -1.16. The van der Waals surface area contributed by atoms with Crippen LogP contribution in [0.5, 0.6) is 0 Å². The van der Waals surface area contributed by atoms with Gasteiger partial charge in [0, 0.05) is 5.92 Å². The van der Waals surface area contributed by atoms with Crippen LogP contribution in [0, 0.1) is 25.7 Å². The van der Waals surface area contributed by atoms with Crippen molar-refractivity contribution < 1.29 is 9.59 Å². The Morgan fingerprint density at radius 1 is 0.800 bits per heavy atom. The molecule has 0 N–H and O–H groups in total. The molecule has 2 bridgehead atoms. The summed E-state index contributed by atoms with van der Waals surface area (Å²) in [5, 5.41) is 0. The monoisotopic (exact) mass is 457 g/mol. The molecule has 3 aromatic carbocycles. The van der Waals surface area contributed by atoms with Crippen LogP contribution in [0.1, 0.15) is 39.3 Å². The van der Waals surface area contributed by atoms with Crippen LogP contribution in [0.4, 0.5) is 5.69 Å². The van der Waals surface area contributed by atoms with Crippen molar-refractivity contribution in [1.82, 2.24) is 0 Å². The highest BCUT2D eigenvalue weighted by Gasteiger charge is 2.67. The van der Waals surface area contributed by atoms with Crippen LogP contribution in [-0.2, 0) is 13.9 Å². The number of hydrogen-bond acceptors (Lipinski definition) is 2. The highest BCUT2D eigenvalue weighted by molar-refractivity contribution is 9.09. The van der Waals surface area contributed by atoms with Gasteiger partial charge in [-0.1, -0.05) is 70.5 Å². The Morgan fingerprint density at radius 2 is 1.40 bits per heavy atom. The summed E-state index contributed by atoms with van der Waals surface area (Å²) in [5.41, 5.74) is 7.41. The first-order valence-electron chi connectivity index (χ1n) is 10.3. The Morgan fingerprint density at radius 3 is 2.00 bits per heavy atom. The van der Waals surface area contributed by atoms with Gasteiger partial charge in [-0.2, -0.15) is 0 Å². The van der Waals surface area contributed by atoms with Gasteiger partial charge in [0.15, 0.2) is 0 Å². The lowest BCUT2D eigenvalue weighted by atomic mass is 9.55. The number of hydrogen-bond donors (Lipinski definition) is 0. The normalized spacial score (nSPS) is 28.4. The fourth-order valence-electron chi connectivity index (χ4n) is 5.80. The average Bonchev–Trinajstić information content (AvgIpc) is 3.02. The molecule has 3 aromatic rings. The van der Waals surface area contributed by atoms with Gasteiger partial charge in [-0.25, -0.2) is 4.90 Å². The van der Waals surface area contributed by atoms with E-state index < -0.39 is 16.2 Å². The molecule has 4 aliphatic rings. The largest absolute Gasteiger partial charge is 0.274 e. The second-order valence-corrected chi connectivity index (χ2v) is 9.90. The first-order chi connectivity index (χ1) is 14.4. The van der Waals surface area contributed by atoms with Crippen molar-refractivity contribution in [1.29, 1.82) is 0 Å². The molecule has 4 heteroatoms. The van der Waals surface area contributed by atoms with Gasteiger partial charge in [-0.05, 0) is 59.4 Å². The number of nitrogens with zero attached hydrogens (tertiary/aromatic N) is 1. The van der Waals surface area contributed by atoms with E-state index in [2.05, 4.69) is 40.2 Å². The Balaban J connectivity index is 1.60. The molecule has 30 heavy (non-hydrogen) atoms. The van der Waals surface area contributed by atoms with Crippen LogP contribution in [0.15, 0.2) is 66.7 Å². The standard InChI is InChI=1S/C26H20BrNO2/c1-14-11-12-16(13-15(14)2)28-24(29)22-21-17-7-3-5-9-19(17)26(27,23(22)25(28)30)20-10-6-4-8-18(20)21/h3-13,21-23H,1-2H3/t21?,22-,23+,26?/m1/s1. The molecular weight excluding hydrogens is 438 g/mol. The van der Waals surface area contributed by atoms with Crippen molar-refractivity contribution in [2.45, 2.75) is 24.1 Å². The van der Waals surface area contributed by atoms with Crippen LogP contribution in [0.3, 0.4) is 0 Å². The van der Waals surface area contributed by atoms with E-state index in [0.29, 0.717) is 5.69 Å². The number of imide groups is 1. The van der Waals surface area contributed by atoms with Crippen molar-refractivity contribution in [3.63, 3.8) is 0 Å². The summed E-state index contributed by atoms with van der Waals surface area (Å²) in [7, 11) is 0. The van der Waals surface area contributed by atoms with E-state index in [9.17, 15) is 9.59 Å². The van der Waals surface area contributed by atoms with Gasteiger partial charge >= 0.3 is 0 Å². The molecule has 0 saturated carbocycles. The highest BCUT2D eigenvalue weighted by Crippen LogP contribution is 2.66. The van der Waals surface area contributed by atoms with Crippen molar-refractivity contribution >= 4 is 33.4 Å². The molecule has 0 spiro atoms. The third kappa shape index (κ3) is 2.00. The molecule has 2 amide bonds. The van der Waals surface area contributed by atoms with Crippen molar-refractivity contribution in [3.05, 3.63) is 100 Å². The van der Waals surface area contributed by atoms with E-state index in [1.165, 1.54) is 4.90 Å². The van der Waals surface area contributed by atoms with Gasteiger partial charge in [0.25, 0.3) is 0 Å².